The molecule has 1 saturated carbocycles. The molecule has 1 N–H and O–H groups in total. The summed E-state index contributed by atoms with van der Waals surface area (Å²) in [7, 11) is 1.86. The highest BCUT2D eigenvalue weighted by Crippen LogP contribution is 2.34. The number of benzene rings is 1. The maximum absolute atomic E-state index is 11.9. The highest BCUT2D eigenvalue weighted by Gasteiger charge is 2.32. The molecule has 3 heteroatoms. The van der Waals surface area contributed by atoms with Gasteiger partial charge in [0, 0.05) is 18.8 Å². The molecule has 0 spiro atoms. The Bertz CT molecular complexity index is 359. The van der Waals surface area contributed by atoms with Crippen LogP contribution in [0.4, 0.5) is 10.5 Å². The Morgan fingerprint density at radius 3 is 2.56 bits per heavy atom. The predicted octanol–water partition coefficient (Wildman–Crippen LogP) is 2.95. The lowest BCUT2D eigenvalue weighted by Gasteiger charge is -2.25. The summed E-state index contributed by atoms with van der Waals surface area (Å²) in [6.07, 6.45) is 2.51. The van der Waals surface area contributed by atoms with E-state index < -0.39 is 0 Å². The molecule has 0 aliphatic heterocycles. The van der Waals surface area contributed by atoms with E-state index in [4.69, 9.17) is 0 Å². The van der Waals surface area contributed by atoms with E-state index in [1.165, 1.54) is 12.8 Å². The van der Waals surface area contributed by atoms with E-state index in [1.807, 2.05) is 37.4 Å². The van der Waals surface area contributed by atoms with Gasteiger partial charge in [-0.15, -0.1) is 0 Å². The molecule has 1 aromatic rings. The number of anilines is 1. The molecule has 0 saturated heterocycles. The number of hydrogen-bond acceptors (Lipinski definition) is 1. The van der Waals surface area contributed by atoms with Gasteiger partial charge in [-0.3, -0.25) is 0 Å². The van der Waals surface area contributed by atoms with Gasteiger partial charge in [0.1, 0.15) is 0 Å². The van der Waals surface area contributed by atoms with Gasteiger partial charge in [0.2, 0.25) is 0 Å². The summed E-state index contributed by atoms with van der Waals surface area (Å²) in [5.74, 6) is 0.700. The van der Waals surface area contributed by atoms with Gasteiger partial charge in [0.15, 0.2) is 0 Å². The van der Waals surface area contributed by atoms with Crippen LogP contribution in [0, 0.1) is 5.92 Å². The first kappa shape index (κ1) is 11.0. The fourth-order valence-corrected chi connectivity index (χ4v) is 1.81. The predicted molar refractivity (Wildman–Crippen MR) is 65.4 cm³/mol. The number of amides is 2. The minimum atomic E-state index is -0.0226. The van der Waals surface area contributed by atoms with E-state index >= 15 is 0 Å². The van der Waals surface area contributed by atoms with Gasteiger partial charge in [-0.05, 0) is 37.8 Å². The van der Waals surface area contributed by atoms with Crippen LogP contribution >= 0.6 is 0 Å². The van der Waals surface area contributed by atoms with Crippen molar-refractivity contribution < 1.29 is 4.79 Å². The lowest BCUT2D eigenvalue weighted by molar-refractivity contribution is 0.201. The zero-order chi connectivity index (χ0) is 11.5. The van der Waals surface area contributed by atoms with Crippen LogP contribution < -0.4 is 5.32 Å². The second kappa shape index (κ2) is 4.56. The van der Waals surface area contributed by atoms with Crippen LogP contribution in [0.1, 0.15) is 19.8 Å². The van der Waals surface area contributed by atoms with E-state index in [0.29, 0.717) is 12.0 Å². The van der Waals surface area contributed by atoms with Crippen molar-refractivity contribution in [1.29, 1.82) is 0 Å². The van der Waals surface area contributed by atoms with Gasteiger partial charge < -0.3 is 10.2 Å². The molecule has 1 aliphatic carbocycles. The third-order valence-corrected chi connectivity index (χ3v) is 3.26. The van der Waals surface area contributed by atoms with Crippen LogP contribution in [0.15, 0.2) is 30.3 Å². The van der Waals surface area contributed by atoms with E-state index in [1.54, 1.807) is 4.90 Å². The molecule has 1 aromatic carbocycles. The molecular formula is C13H18N2O. The van der Waals surface area contributed by atoms with Gasteiger partial charge in [-0.25, -0.2) is 4.79 Å². The third-order valence-electron chi connectivity index (χ3n) is 3.26. The van der Waals surface area contributed by atoms with Crippen LogP contribution in [-0.4, -0.2) is 24.0 Å². The number of carbonyl (C=O) groups is 1. The van der Waals surface area contributed by atoms with Crippen molar-refractivity contribution >= 4 is 11.7 Å². The smallest absolute Gasteiger partial charge is 0.321 e. The van der Waals surface area contributed by atoms with Crippen molar-refractivity contribution in [3.8, 4) is 0 Å². The largest absolute Gasteiger partial charge is 0.325 e. The summed E-state index contributed by atoms with van der Waals surface area (Å²) in [5, 5.41) is 2.89. The van der Waals surface area contributed by atoms with Crippen LogP contribution in [0.3, 0.4) is 0 Å². The van der Waals surface area contributed by atoms with Crippen LogP contribution in [0.5, 0.6) is 0 Å². The molecule has 1 aliphatic rings. The van der Waals surface area contributed by atoms with Crippen LogP contribution in [-0.2, 0) is 0 Å². The van der Waals surface area contributed by atoms with Crippen molar-refractivity contribution in [2.45, 2.75) is 25.8 Å². The van der Waals surface area contributed by atoms with Gasteiger partial charge in [0.05, 0.1) is 0 Å². The second-order valence-corrected chi connectivity index (χ2v) is 4.49. The average molecular weight is 218 g/mol. The number of carbonyl (C=O) groups excluding carboxylic acids is 1. The Kier molecular flexibility index (Phi) is 3.13. The molecule has 3 nitrogen and oxygen atoms in total. The number of urea groups is 1. The van der Waals surface area contributed by atoms with E-state index in [2.05, 4.69) is 12.2 Å². The van der Waals surface area contributed by atoms with E-state index in [0.717, 1.165) is 5.69 Å². The van der Waals surface area contributed by atoms with Gasteiger partial charge in [-0.1, -0.05) is 18.2 Å². The minimum Gasteiger partial charge on any atom is -0.325 e. The fraction of sp³-hybridized carbons (Fsp3) is 0.462. The summed E-state index contributed by atoms with van der Waals surface area (Å²) < 4.78 is 0. The Labute approximate surface area is 96.5 Å². The first-order valence-electron chi connectivity index (χ1n) is 5.77. The molecule has 1 unspecified atom stereocenters. The maximum atomic E-state index is 11.9. The summed E-state index contributed by atoms with van der Waals surface area (Å²) in [6.45, 7) is 2.11. The molecular weight excluding hydrogens is 200 g/mol. The normalized spacial score (nSPS) is 16.6. The SMILES string of the molecule is CC(C1CC1)N(C)C(=O)Nc1ccccc1. The van der Waals surface area contributed by atoms with Gasteiger partial charge in [0.25, 0.3) is 0 Å². The van der Waals surface area contributed by atoms with Gasteiger partial charge in [-0.2, -0.15) is 0 Å². The average Bonchev–Trinajstić information content (AvgIpc) is 3.12. The first-order chi connectivity index (χ1) is 7.68. The van der Waals surface area contributed by atoms with Crippen molar-refractivity contribution in [3.63, 3.8) is 0 Å². The van der Waals surface area contributed by atoms with Crippen LogP contribution in [0.2, 0.25) is 0 Å². The van der Waals surface area contributed by atoms with Crippen molar-refractivity contribution in [3.05, 3.63) is 30.3 Å². The number of para-hydroxylation sites is 1. The van der Waals surface area contributed by atoms with Crippen molar-refractivity contribution in [1.82, 2.24) is 4.90 Å². The Morgan fingerprint density at radius 2 is 2.00 bits per heavy atom. The standard InChI is InChI=1S/C13H18N2O/c1-10(11-8-9-11)15(2)13(16)14-12-6-4-3-5-7-12/h3-7,10-11H,8-9H2,1-2H3,(H,14,16). The molecule has 16 heavy (non-hydrogen) atoms. The summed E-state index contributed by atoms with van der Waals surface area (Å²) in [4.78, 5) is 13.7. The molecule has 2 amide bonds. The van der Waals surface area contributed by atoms with Crippen molar-refractivity contribution in [2.24, 2.45) is 5.92 Å². The maximum Gasteiger partial charge on any atom is 0.321 e. The van der Waals surface area contributed by atoms with E-state index in [9.17, 15) is 4.79 Å². The van der Waals surface area contributed by atoms with Crippen molar-refractivity contribution in [2.75, 3.05) is 12.4 Å². The van der Waals surface area contributed by atoms with Crippen LogP contribution in [0.25, 0.3) is 0 Å². The third kappa shape index (κ3) is 2.54. The highest BCUT2D eigenvalue weighted by atomic mass is 16.2. The first-order valence-corrected chi connectivity index (χ1v) is 5.77. The summed E-state index contributed by atoms with van der Waals surface area (Å²) >= 11 is 0. The Hall–Kier alpha value is -1.51. The summed E-state index contributed by atoms with van der Waals surface area (Å²) in [6, 6.07) is 9.88. The molecule has 0 aromatic heterocycles. The lowest BCUT2D eigenvalue weighted by atomic mass is 10.2. The molecule has 1 atom stereocenters. The highest BCUT2D eigenvalue weighted by molar-refractivity contribution is 5.89. The molecule has 0 bridgehead atoms. The molecule has 0 heterocycles. The molecule has 1 fully saturated rings. The molecule has 2 rings (SSSR count). The number of hydrogen-bond donors (Lipinski definition) is 1. The Morgan fingerprint density at radius 1 is 1.38 bits per heavy atom. The van der Waals surface area contributed by atoms with E-state index in [-0.39, 0.29) is 6.03 Å². The fourth-order valence-electron chi connectivity index (χ4n) is 1.81. The number of nitrogens with zero attached hydrogens (tertiary/aromatic N) is 1. The number of rotatable bonds is 3. The quantitative estimate of drug-likeness (QED) is 0.831. The lowest BCUT2D eigenvalue weighted by Crippen LogP contribution is -2.39. The second-order valence-electron chi connectivity index (χ2n) is 4.49. The molecule has 0 radical (unpaired) electrons. The Balaban J connectivity index is 1.92. The monoisotopic (exact) mass is 218 g/mol. The zero-order valence-electron chi connectivity index (χ0n) is 9.81. The minimum absolute atomic E-state index is 0.0226. The topological polar surface area (TPSA) is 32.3 Å². The number of nitrogens with one attached hydrogen (secondary N) is 1. The van der Waals surface area contributed by atoms with Gasteiger partial charge >= 0.3 is 6.03 Å². The molecule has 86 valence electrons. The zero-order valence-corrected chi connectivity index (χ0v) is 9.81. The summed E-state index contributed by atoms with van der Waals surface area (Å²) in [5.41, 5.74) is 0.849.